The van der Waals surface area contributed by atoms with Gasteiger partial charge in [0.25, 0.3) is 0 Å². The minimum Gasteiger partial charge on any atom is -0.378 e. The van der Waals surface area contributed by atoms with Gasteiger partial charge in [-0.25, -0.2) is 0 Å². The molecule has 1 aromatic rings. The molecule has 1 aliphatic rings. The molecule has 6 nitrogen and oxygen atoms in total. The molecule has 144 valence electrons. The summed E-state index contributed by atoms with van der Waals surface area (Å²) in [5.41, 5.74) is 2.51. The predicted octanol–water partition coefficient (Wildman–Crippen LogP) is 2.21. The molecule has 1 unspecified atom stereocenters. The van der Waals surface area contributed by atoms with E-state index in [9.17, 15) is 0 Å². The summed E-state index contributed by atoms with van der Waals surface area (Å²) in [6, 6.07) is 0. The van der Waals surface area contributed by atoms with Crippen LogP contribution in [0.4, 0.5) is 0 Å². The van der Waals surface area contributed by atoms with Gasteiger partial charge in [0.2, 0.25) is 0 Å². The van der Waals surface area contributed by atoms with Crippen molar-refractivity contribution in [2.45, 2.75) is 58.3 Å². The highest BCUT2D eigenvalue weighted by Gasteiger charge is 2.30. The molecule has 0 bridgehead atoms. The molecule has 1 fully saturated rings. The van der Waals surface area contributed by atoms with E-state index in [1.165, 1.54) is 11.3 Å². The quantitative estimate of drug-likeness (QED) is 0.639. The number of aromatic amines is 1. The Kier molecular flexibility index (Phi) is 8.89. The third-order valence-corrected chi connectivity index (χ3v) is 5.00. The molecule has 0 aromatic carbocycles. The molecule has 0 radical (unpaired) electrons. The van der Waals surface area contributed by atoms with Crippen LogP contribution < -0.4 is 5.32 Å². The van der Waals surface area contributed by atoms with Crippen molar-refractivity contribution in [1.82, 2.24) is 20.4 Å². The van der Waals surface area contributed by atoms with Gasteiger partial charge in [0, 0.05) is 44.6 Å². The molecule has 6 heteroatoms. The van der Waals surface area contributed by atoms with Gasteiger partial charge in [0.1, 0.15) is 0 Å². The first-order chi connectivity index (χ1) is 12.2. The van der Waals surface area contributed by atoms with Gasteiger partial charge >= 0.3 is 0 Å². The van der Waals surface area contributed by atoms with E-state index in [-0.39, 0.29) is 0 Å². The molecule has 2 rings (SSSR count). The number of nitrogens with zero attached hydrogens (tertiary/aromatic N) is 2. The normalized spacial score (nSPS) is 24.1. The predicted molar refractivity (Wildman–Crippen MR) is 101 cm³/mol. The lowest BCUT2D eigenvalue weighted by molar-refractivity contribution is -0.0554. The van der Waals surface area contributed by atoms with Gasteiger partial charge in [-0.2, -0.15) is 5.10 Å². The number of H-pyrrole nitrogens is 1. The fraction of sp³-hybridized carbons (Fsp3) is 0.842. The van der Waals surface area contributed by atoms with E-state index in [1.807, 2.05) is 13.2 Å². The average molecular weight is 353 g/mol. The first-order valence-electron chi connectivity index (χ1n) is 9.74. The maximum Gasteiger partial charge on any atom is 0.0669 e. The second kappa shape index (κ2) is 10.9. The lowest BCUT2D eigenvalue weighted by Gasteiger charge is -2.34. The van der Waals surface area contributed by atoms with Crippen LogP contribution in [-0.2, 0) is 22.4 Å². The zero-order valence-corrected chi connectivity index (χ0v) is 16.4. The zero-order chi connectivity index (χ0) is 18.1. The van der Waals surface area contributed by atoms with Crippen LogP contribution >= 0.6 is 0 Å². The summed E-state index contributed by atoms with van der Waals surface area (Å²) in [7, 11) is 4.15. The van der Waals surface area contributed by atoms with E-state index >= 15 is 0 Å². The molecule has 0 aliphatic heterocycles. The van der Waals surface area contributed by atoms with Crippen LogP contribution in [0, 0.1) is 5.92 Å². The van der Waals surface area contributed by atoms with Crippen molar-refractivity contribution in [3.63, 3.8) is 0 Å². The Balaban J connectivity index is 1.94. The largest absolute Gasteiger partial charge is 0.378 e. The lowest BCUT2D eigenvalue weighted by Crippen LogP contribution is -2.34. The van der Waals surface area contributed by atoms with Crippen molar-refractivity contribution in [3.05, 3.63) is 17.5 Å². The molecular weight excluding hydrogens is 316 g/mol. The molecule has 3 atom stereocenters. The highest BCUT2D eigenvalue weighted by atomic mass is 16.5. The molecule has 0 saturated heterocycles. The first-order valence-corrected chi connectivity index (χ1v) is 9.74. The molecule has 0 spiro atoms. The number of aromatic nitrogens is 2. The Morgan fingerprint density at radius 2 is 1.88 bits per heavy atom. The minimum absolute atomic E-state index is 0.320. The number of likely N-dealkylation sites (N-methyl/N-ethyl adjacent to an activating group) is 2. The monoisotopic (exact) mass is 352 g/mol. The second-order valence-corrected chi connectivity index (χ2v) is 7.13. The van der Waals surface area contributed by atoms with Gasteiger partial charge in [0.05, 0.1) is 17.9 Å². The topological polar surface area (TPSA) is 62.4 Å². The van der Waals surface area contributed by atoms with E-state index in [0.717, 1.165) is 58.5 Å². The van der Waals surface area contributed by atoms with E-state index < -0.39 is 0 Å². The van der Waals surface area contributed by atoms with Crippen LogP contribution in [-0.4, -0.2) is 67.7 Å². The van der Waals surface area contributed by atoms with Crippen molar-refractivity contribution >= 4 is 0 Å². The summed E-state index contributed by atoms with van der Waals surface area (Å²) >= 11 is 0. The molecule has 1 aliphatic carbocycles. The number of rotatable bonds is 11. The Morgan fingerprint density at radius 3 is 2.48 bits per heavy atom. The number of hydrogen-bond acceptors (Lipinski definition) is 5. The van der Waals surface area contributed by atoms with E-state index in [0.29, 0.717) is 18.1 Å². The first kappa shape index (κ1) is 20.4. The summed E-state index contributed by atoms with van der Waals surface area (Å²) in [6.45, 7) is 8.67. The summed E-state index contributed by atoms with van der Waals surface area (Å²) in [5, 5.41) is 10.8. The Hall–Kier alpha value is -0.950. The van der Waals surface area contributed by atoms with Crippen LogP contribution in [0.15, 0.2) is 6.20 Å². The maximum atomic E-state index is 5.92. The van der Waals surface area contributed by atoms with Gasteiger partial charge in [-0.3, -0.25) is 5.10 Å². The molecule has 1 aromatic heterocycles. The number of nitrogens with one attached hydrogen (secondary N) is 2. The third kappa shape index (κ3) is 6.70. The summed E-state index contributed by atoms with van der Waals surface area (Å²) < 4.78 is 11.8. The Labute approximate surface area is 152 Å². The van der Waals surface area contributed by atoms with Gasteiger partial charge in [0.15, 0.2) is 0 Å². The van der Waals surface area contributed by atoms with Gasteiger partial charge in [-0.05, 0) is 59.5 Å². The zero-order valence-electron chi connectivity index (χ0n) is 16.4. The van der Waals surface area contributed by atoms with Crippen molar-refractivity contribution < 1.29 is 9.47 Å². The smallest absolute Gasteiger partial charge is 0.0669 e. The summed E-state index contributed by atoms with van der Waals surface area (Å²) in [5.74, 6) is 0.575. The highest BCUT2D eigenvalue weighted by Crippen LogP contribution is 2.31. The van der Waals surface area contributed by atoms with Crippen LogP contribution in [0.25, 0.3) is 0 Å². The van der Waals surface area contributed by atoms with E-state index in [1.54, 1.807) is 0 Å². The Bertz CT molecular complexity index is 466. The third-order valence-electron chi connectivity index (χ3n) is 5.00. The van der Waals surface area contributed by atoms with Crippen molar-refractivity contribution in [2.75, 3.05) is 40.4 Å². The van der Waals surface area contributed by atoms with Crippen molar-refractivity contribution in [2.24, 2.45) is 5.92 Å². The highest BCUT2D eigenvalue weighted by molar-refractivity contribution is 5.17. The SMILES string of the molecule is CCO[C@@H]1CC(Cc2n[nH]cc2CN(C)CCNC)C[C@H](OCC)C1. The lowest BCUT2D eigenvalue weighted by atomic mass is 9.82. The molecule has 2 N–H and O–H groups in total. The van der Waals surface area contributed by atoms with Crippen LogP contribution in [0.2, 0.25) is 0 Å². The average Bonchev–Trinajstić information content (AvgIpc) is 3.00. The fourth-order valence-corrected chi connectivity index (χ4v) is 3.84. The molecular formula is C19H36N4O2. The van der Waals surface area contributed by atoms with Crippen molar-refractivity contribution in [3.8, 4) is 0 Å². The van der Waals surface area contributed by atoms with Gasteiger partial charge < -0.3 is 19.7 Å². The second-order valence-electron chi connectivity index (χ2n) is 7.13. The van der Waals surface area contributed by atoms with E-state index in [4.69, 9.17) is 9.47 Å². The minimum atomic E-state index is 0.320. The molecule has 1 heterocycles. The summed E-state index contributed by atoms with van der Waals surface area (Å²) in [4.78, 5) is 2.33. The fourth-order valence-electron chi connectivity index (χ4n) is 3.84. The standard InChI is InChI=1S/C19H36N4O2/c1-5-24-17-9-15(10-18(12-17)25-6-2)11-19-16(13-21-22-19)14-23(4)8-7-20-3/h13,15,17-18,20H,5-12,14H2,1-4H3,(H,21,22)/t15?,17-,18+. The number of ether oxygens (including phenoxy) is 2. The van der Waals surface area contributed by atoms with Crippen molar-refractivity contribution in [1.29, 1.82) is 0 Å². The van der Waals surface area contributed by atoms with Crippen LogP contribution in [0.5, 0.6) is 0 Å². The van der Waals surface area contributed by atoms with Gasteiger partial charge in [-0.1, -0.05) is 0 Å². The molecule has 25 heavy (non-hydrogen) atoms. The van der Waals surface area contributed by atoms with Crippen LogP contribution in [0.1, 0.15) is 44.4 Å². The van der Waals surface area contributed by atoms with E-state index in [2.05, 4.69) is 41.3 Å². The molecule has 0 amide bonds. The van der Waals surface area contributed by atoms with Gasteiger partial charge in [-0.15, -0.1) is 0 Å². The summed E-state index contributed by atoms with van der Waals surface area (Å²) in [6.07, 6.45) is 6.94. The van der Waals surface area contributed by atoms with Crippen LogP contribution in [0.3, 0.4) is 0 Å². The maximum absolute atomic E-state index is 5.92. The molecule has 1 saturated carbocycles. The Morgan fingerprint density at radius 1 is 1.20 bits per heavy atom. The number of hydrogen-bond donors (Lipinski definition) is 2.